The SMILES string of the molecule is COc1ccc(/C(C#N)=C2C=C/C(=N/O)C(CO)=C\2)cc1. The Kier molecular flexibility index (Phi) is 4.54. The van der Waals surface area contributed by atoms with Crippen molar-refractivity contribution in [2.24, 2.45) is 5.16 Å². The molecule has 0 atom stereocenters. The van der Waals surface area contributed by atoms with Gasteiger partial charge in [-0.15, -0.1) is 0 Å². The van der Waals surface area contributed by atoms with E-state index in [2.05, 4.69) is 11.2 Å². The molecule has 21 heavy (non-hydrogen) atoms. The molecule has 2 N–H and O–H groups in total. The quantitative estimate of drug-likeness (QED) is 0.506. The Morgan fingerprint density at radius 1 is 1.29 bits per heavy atom. The van der Waals surface area contributed by atoms with E-state index in [0.717, 1.165) is 5.56 Å². The maximum Gasteiger partial charge on any atom is 0.118 e. The molecule has 0 spiro atoms. The van der Waals surface area contributed by atoms with Crippen LogP contribution in [0, 0.1) is 11.3 Å². The molecule has 0 bridgehead atoms. The van der Waals surface area contributed by atoms with Crippen LogP contribution < -0.4 is 4.74 Å². The normalized spacial score (nSPS) is 18.1. The highest BCUT2D eigenvalue weighted by Gasteiger charge is 2.13. The number of nitrogens with zero attached hydrogens (tertiary/aromatic N) is 2. The molecule has 0 fully saturated rings. The minimum atomic E-state index is -0.269. The predicted octanol–water partition coefficient (Wildman–Crippen LogP) is 2.29. The van der Waals surface area contributed by atoms with Crippen molar-refractivity contribution >= 4 is 11.3 Å². The van der Waals surface area contributed by atoms with Crippen LogP contribution in [0.1, 0.15) is 5.56 Å². The Hall–Kier alpha value is -2.84. The van der Waals surface area contributed by atoms with Crippen molar-refractivity contribution in [2.45, 2.75) is 0 Å². The van der Waals surface area contributed by atoms with E-state index >= 15 is 0 Å². The van der Waals surface area contributed by atoms with Gasteiger partial charge in [-0.1, -0.05) is 11.2 Å². The summed E-state index contributed by atoms with van der Waals surface area (Å²) < 4.78 is 5.09. The lowest BCUT2D eigenvalue weighted by atomic mass is 9.94. The molecule has 1 aromatic rings. The van der Waals surface area contributed by atoms with E-state index in [1.54, 1.807) is 49.6 Å². The number of ether oxygens (including phenoxy) is 1. The van der Waals surface area contributed by atoms with Gasteiger partial charge in [-0.25, -0.2) is 0 Å². The van der Waals surface area contributed by atoms with Gasteiger partial charge >= 0.3 is 0 Å². The number of rotatable bonds is 3. The second-order valence-electron chi connectivity index (χ2n) is 4.32. The summed E-state index contributed by atoms with van der Waals surface area (Å²) in [6.45, 7) is -0.269. The third-order valence-electron chi connectivity index (χ3n) is 3.14. The van der Waals surface area contributed by atoms with Crippen LogP contribution in [0.5, 0.6) is 5.75 Å². The monoisotopic (exact) mass is 282 g/mol. The van der Waals surface area contributed by atoms with E-state index in [0.29, 0.717) is 22.5 Å². The second kappa shape index (κ2) is 6.55. The molecule has 0 aliphatic heterocycles. The van der Waals surface area contributed by atoms with Gasteiger partial charge in [0.15, 0.2) is 0 Å². The van der Waals surface area contributed by atoms with E-state index in [1.807, 2.05) is 0 Å². The molecular weight excluding hydrogens is 268 g/mol. The third kappa shape index (κ3) is 3.02. The Bertz CT molecular complexity index is 689. The first-order valence-electron chi connectivity index (χ1n) is 6.24. The van der Waals surface area contributed by atoms with Gasteiger partial charge in [0, 0.05) is 5.57 Å². The highest BCUT2D eigenvalue weighted by atomic mass is 16.5. The molecule has 1 aliphatic carbocycles. The van der Waals surface area contributed by atoms with Gasteiger partial charge < -0.3 is 15.1 Å². The number of nitriles is 1. The number of methoxy groups -OCH3 is 1. The van der Waals surface area contributed by atoms with Crippen LogP contribution in [0.2, 0.25) is 0 Å². The zero-order valence-electron chi connectivity index (χ0n) is 11.4. The van der Waals surface area contributed by atoms with Gasteiger partial charge in [0.25, 0.3) is 0 Å². The molecule has 1 aliphatic rings. The topological polar surface area (TPSA) is 85.8 Å². The fraction of sp³-hybridized carbons (Fsp3) is 0.125. The maximum absolute atomic E-state index is 9.40. The van der Waals surface area contributed by atoms with Crippen molar-refractivity contribution in [3.05, 3.63) is 59.2 Å². The second-order valence-corrected chi connectivity index (χ2v) is 4.32. The van der Waals surface area contributed by atoms with Crippen molar-refractivity contribution in [3.63, 3.8) is 0 Å². The molecule has 0 saturated carbocycles. The fourth-order valence-electron chi connectivity index (χ4n) is 2.02. The van der Waals surface area contributed by atoms with Crippen LogP contribution in [-0.2, 0) is 0 Å². The summed E-state index contributed by atoms with van der Waals surface area (Å²) in [5, 5.41) is 30.6. The van der Waals surface area contributed by atoms with Gasteiger partial charge in [-0.2, -0.15) is 5.26 Å². The van der Waals surface area contributed by atoms with Crippen LogP contribution in [0.3, 0.4) is 0 Å². The zero-order chi connectivity index (χ0) is 15.2. The van der Waals surface area contributed by atoms with Crippen LogP contribution in [0.4, 0.5) is 0 Å². The largest absolute Gasteiger partial charge is 0.497 e. The molecule has 0 radical (unpaired) electrons. The smallest absolute Gasteiger partial charge is 0.118 e. The summed E-state index contributed by atoms with van der Waals surface area (Å²) in [5.74, 6) is 0.710. The van der Waals surface area contributed by atoms with Gasteiger partial charge in [0.05, 0.1) is 19.3 Å². The summed E-state index contributed by atoms with van der Waals surface area (Å²) in [5.41, 5.74) is 2.61. The van der Waals surface area contributed by atoms with Crippen molar-refractivity contribution < 1.29 is 15.1 Å². The van der Waals surface area contributed by atoms with Gasteiger partial charge in [-0.05, 0) is 47.6 Å². The Balaban J connectivity index is 2.49. The minimum absolute atomic E-state index is 0.269. The zero-order valence-corrected chi connectivity index (χ0v) is 11.4. The van der Waals surface area contributed by atoms with Crippen molar-refractivity contribution in [1.82, 2.24) is 0 Å². The van der Waals surface area contributed by atoms with Gasteiger partial charge in [0.2, 0.25) is 0 Å². The summed E-state index contributed by atoms with van der Waals surface area (Å²) in [4.78, 5) is 0. The first kappa shape index (κ1) is 14.6. The van der Waals surface area contributed by atoms with Crippen LogP contribution >= 0.6 is 0 Å². The molecule has 0 amide bonds. The average Bonchev–Trinajstić information content (AvgIpc) is 2.56. The average molecular weight is 282 g/mol. The first-order valence-corrected chi connectivity index (χ1v) is 6.24. The summed E-state index contributed by atoms with van der Waals surface area (Å²) >= 11 is 0. The highest BCUT2D eigenvalue weighted by Crippen LogP contribution is 2.25. The van der Waals surface area contributed by atoms with Crippen LogP contribution in [-0.4, -0.2) is 29.7 Å². The number of aliphatic hydroxyl groups excluding tert-OH is 1. The molecule has 0 unspecified atom stereocenters. The maximum atomic E-state index is 9.40. The van der Waals surface area contributed by atoms with Crippen LogP contribution in [0.15, 0.2) is 58.8 Å². The predicted molar refractivity (Wildman–Crippen MR) is 79.1 cm³/mol. The highest BCUT2D eigenvalue weighted by molar-refractivity contribution is 6.11. The Morgan fingerprint density at radius 2 is 2.00 bits per heavy atom. The molecule has 5 nitrogen and oxygen atoms in total. The van der Waals surface area contributed by atoms with Crippen molar-refractivity contribution in [1.29, 1.82) is 5.26 Å². The minimum Gasteiger partial charge on any atom is -0.497 e. The number of hydrogen-bond donors (Lipinski definition) is 2. The number of aliphatic hydroxyl groups is 1. The van der Waals surface area contributed by atoms with Crippen molar-refractivity contribution in [2.75, 3.05) is 13.7 Å². The Labute approximate surface area is 122 Å². The molecule has 2 rings (SSSR count). The first-order chi connectivity index (χ1) is 10.2. The fourth-order valence-corrected chi connectivity index (χ4v) is 2.02. The molecule has 106 valence electrons. The molecule has 0 saturated heterocycles. The van der Waals surface area contributed by atoms with Gasteiger partial charge in [-0.3, -0.25) is 0 Å². The lowest BCUT2D eigenvalue weighted by Crippen LogP contribution is -2.08. The number of hydrogen-bond acceptors (Lipinski definition) is 5. The molecular formula is C16H14N2O3. The number of oxime groups is 1. The van der Waals surface area contributed by atoms with E-state index in [4.69, 9.17) is 9.94 Å². The lowest BCUT2D eigenvalue weighted by Gasteiger charge is -2.11. The summed E-state index contributed by atoms with van der Waals surface area (Å²) in [6.07, 6.45) is 4.87. The summed E-state index contributed by atoms with van der Waals surface area (Å²) in [6, 6.07) is 9.30. The molecule has 0 aromatic heterocycles. The third-order valence-corrected chi connectivity index (χ3v) is 3.14. The van der Waals surface area contributed by atoms with E-state index in [9.17, 15) is 10.4 Å². The number of benzene rings is 1. The van der Waals surface area contributed by atoms with E-state index in [-0.39, 0.29) is 12.3 Å². The van der Waals surface area contributed by atoms with Gasteiger partial charge in [0.1, 0.15) is 17.5 Å². The molecule has 5 heteroatoms. The number of allylic oxidation sites excluding steroid dienone is 5. The van der Waals surface area contributed by atoms with Crippen molar-refractivity contribution in [3.8, 4) is 11.8 Å². The van der Waals surface area contributed by atoms with E-state index < -0.39 is 0 Å². The lowest BCUT2D eigenvalue weighted by molar-refractivity contribution is 0.314. The van der Waals surface area contributed by atoms with E-state index in [1.165, 1.54) is 0 Å². The molecule has 1 aromatic carbocycles. The standard InChI is InChI=1S/C16H14N2O3/c1-21-14-5-2-11(3-6-14)15(9-17)12-4-7-16(18-20)13(8-12)10-19/h2-8,19-20H,10H2,1H3/b15-12+,18-16-. The summed E-state index contributed by atoms with van der Waals surface area (Å²) in [7, 11) is 1.58. The van der Waals surface area contributed by atoms with Crippen LogP contribution in [0.25, 0.3) is 5.57 Å². The Morgan fingerprint density at radius 3 is 2.52 bits per heavy atom. The molecule has 0 heterocycles.